The van der Waals surface area contributed by atoms with Gasteiger partial charge in [-0.2, -0.15) is 0 Å². The predicted molar refractivity (Wildman–Crippen MR) is 119 cm³/mol. The van der Waals surface area contributed by atoms with Gasteiger partial charge in [-0.05, 0) is 24.1 Å². The number of ether oxygens (including phenoxy) is 3. The Kier molecular flexibility index (Phi) is 6.72. The van der Waals surface area contributed by atoms with Crippen LogP contribution in [-0.2, 0) is 20.8 Å². The van der Waals surface area contributed by atoms with E-state index in [0.29, 0.717) is 35.8 Å². The average Bonchev–Trinajstić information content (AvgIpc) is 3.59. The molecule has 2 aliphatic rings. The van der Waals surface area contributed by atoms with Crippen molar-refractivity contribution < 1.29 is 33.6 Å². The van der Waals surface area contributed by atoms with Crippen molar-refractivity contribution in [2.75, 3.05) is 25.1 Å². The van der Waals surface area contributed by atoms with Gasteiger partial charge in [0.2, 0.25) is 0 Å². The lowest BCUT2D eigenvalue weighted by Crippen LogP contribution is -2.35. The molecule has 3 aromatic rings. The number of carbonyl (C=O) groups is 1. The number of fused-ring (bicyclic) bond motifs is 1. The lowest BCUT2D eigenvalue weighted by molar-refractivity contribution is -0.0533. The number of rotatable bonds is 7. The molecule has 35 heavy (non-hydrogen) atoms. The van der Waals surface area contributed by atoms with Gasteiger partial charge in [-0.15, -0.1) is 0 Å². The molecule has 2 fully saturated rings. The second kappa shape index (κ2) is 10.1. The van der Waals surface area contributed by atoms with Gasteiger partial charge in [-0.25, -0.2) is 24.1 Å². The number of amides is 1. The molecule has 12 nitrogen and oxygen atoms in total. The van der Waals surface area contributed by atoms with E-state index in [1.807, 2.05) is 0 Å². The first-order valence-electron chi connectivity index (χ1n) is 11.2. The molecule has 0 bridgehead atoms. The summed E-state index contributed by atoms with van der Waals surface area (Å²) in [6.45, 7) is 1.10. The summed E-state index contributed by atoms with van der Waals surface area (Å²) in [6.07, 6.45) is -1.65. The molecule has 2 aliphatic heterocycles. The molecule has 13 heteroatoms. The van der Waals surface area contributed by atoms with E-state index in [1.165, 1.54) is 29.4 Å². The van der Waals surface area contributed by atoms with Crippen molar-refractivity contribution in [1.29, 1.82) is 0 Å². The van der Waals surface area contributed by atoms with Crippen LogP contribution in [0.5, 0.6) is 0 Å². The fraction of sp³-hybridized carbons (Fsp3) is 0.455. The van der Waals surface area contributed by atoms with E-state index in [9.17, 15) is 19.4 Å². The Morgan fingerprint density at radius 2 is 2.03 bits per heavy atom. The van der Waals surface area contributed by atoms with Gasteiger partial charge in [-0.3, -0.25) is 4.57 Å². The van der Waals surface area contributed by atoms with E-state index in [4.69, 9.17) is 14.2 Å². The number of benzene rings is 1. The van der Waals surface area contributed by atoms with E-state index in [2.05, 4.69) is 25.6 Å². The SMILES string of the molecule is O=C(NCc1ccc(F)cc1)OC[C@H]1OC(n2cnc3c(NC4CCOC4)ncnc32)C(O)[C@@H]1O. The van der Waals surface area contributed by atoms with Crippen LogP contribution in [-0.4, -0.2) is 80.0 Å². The van der Waals surface area contributed by atoms with Crippen LogP contribution in [0.25, 0.3) is 11.2 Å². The number of aromatic nitrogens is 4. The van der Waals surface area contributed by atoms with Gasteiger partial charge in [0.05, 0.1) is 19.0 Å². The molecule has 0 aliphatic carbocycles. The zero-order valence-electron chi connectivity index (χ0n) is 18.6. The summed E-state index contributed by atoms with van der Waals surface area (Å²) in [5, 5.41) is 26.9. The monoisotopic (exact) mass is 488 g/mol. The highest BCUT2D eigenvalue weighted by Crippen LogP contribution is 2.32. The minimum absolute atomic E-state index is 0.115. The van der Waals surface area contributed by atoms with Crippen LogP contribution < -0.4 is 10.6 Å². The summed E-state index contributed by atoms with van der Waals surface area (Å²) in [6, 6.07) is 5.78. The van der Waals surface area contributed by atoms with Gasteiger partial charge >= 0.3 is 6.09 Å². The van der Waals surface area contributed by atoms with Crippen molar-refractivity contribution in [2.24, 2.45) is 0 Å². The number of anilines is 1. The van der Waals surface area contributed by atoms with Crippen LogP contribution in [0, 0.1) is 5.82 Å². The van der Waals surface area contributed by atoms with Crippen LogP contribution in [0.4, 0.5) is 15.0 Å². The second-order valence-electron chi connectivity index (χ2n) is 8.38. The number of nitrogens with zero attached hydrogens (tertiary/aromatic N) is 4. The highest BCUT2D eigenvalue weighted by molar-refractivity contribution is 5.82. The van der Waals surface area contributed by atoms with Crippen molar-refractivity contribution in [3.63, 3.8) is 0 Å². The number of nitrogens with one attached hydrogen (secondary N) is 2. The largest absolute Gasteiger partial charge is 0.447 e. The van der Waals surface area contributed by atoms with Crippen molar-refractivity contribution in [3.8, 4) is 0 Å². The number of hydrogen-bond acceptors (Lipinski definition) is 10. The van der Waals surface area contributed by atoms with Gasteiger partial charge in [0.15, 0.2) is 23.2 Å². The molecule has 0 spiro atoms. The fourth-order valence-electron chi connectivity index (χ4n) is 4.07. The number of hydrogen-bond donors (Lipinski definition) is 4. The summed E-state index contributed by atoms with van der Waals surface area (Å²) in [4.78, 5) is 24.9. The molecule has 1 amide bonds. The first-order valence-corrected chi connectivity index (χ1v) is 11.2. The average molecular weight is 488 g/mol. The number of halogens is 1. The zero-order valence-corrected chi connectivity index (χ0v) is 18.6. The first-order chi connectivity index (χ1) is 17.0. The number of aliphatic hydroxyl groups is 2. The summed E-state index contributed by atoms with van der Waals surface area (Å²) in [5.74, 6) is 0.167. The van der Waals surface area contributed by atoms with E-state index in [-0.39, 0.29) is 25.0 Å². The van der Waals surface area contributed by atoms with E-state index in [0.717, 1.165) is 6.42 Å². The lowest BCUT2D eigenvalue weighted by atomic mass is 10.1. The van der Waals surface area contributed by atoms with Crippen LogP contribution in [0.2, 0.25) is 0 Å². The topological polar surface area (TPSA) is 153 Å². The Hall–Kier alpha value is -3.39. The quantitative estimate of drug-likeness (QED) is 0.374. The highest BCUT2D eigenvalue weighted by atomic mass is 19.1. The Labute approximate surface area is 199 Å². The normalized spacial score (nSPS) is 26.2. The second-order valence-corrected chi connectivity index (χ2v) is 8.38. The van der Waals surface area contributed by atoms with E-state index in [1.54, 1.807) is 12.1 Å². The van der Waals surface area contributed by atoms with E-state index < -0.39 is 30.6 Å². The van der Waals surface area contributed by atoms with Crippen LogP contribution in [0.3, 0.4) is 0 Å². The predicted octanol–water partition coefficient (Wildman–Crippen LogP) is 0.712. The lowest BCUT2D eigenvalue weighted by Gasteiger charge is -2.17. The molecule has 5 atom stereocenters. The minimum Gasteiger partial charge on any atom is -0.447 e. The van der Waals surface area contributed by atoms with Crippen LogP contribution in [0.15, 0.2) is 36.9 Å². The summed E-state index contributed by atoms with van der Waals surface area (Å²) < 4.78 is 30.8. The standard InChI is InChI=1S/C22H25FN6O6/c23-13-3-1-12(2-4-13)7-24-22(32)34-9-15-17(30)18(31)21(35-15)29-11-27-16-19(25-10-26-20(16)29)28-14-5-6-33-8-14/h1-4,10-11,14-15,17-18,21,30-31H,5-9H2,(H,24,32)(H,25,26,28)/t14?,15-,17-,18?,21?/m1/s1. The molecule has 3 unspecified atom stereocenters. The fourth-order valence-corrected chi connectivity index (χ4v) is 4.07. The maximum atomic E-state index is 13.0. The number of imidazole rings is 1. The molecule has 0 saturated carbocycles. The molecule has 2 saturated heterocycles. The maximum absolute atomic E-state index is 13.0. The zero-order chi connectivity index (χ0) is 24.4. The summed E-state index contributed by atoms with van der Waals surface area (Å²) in [5.41, 5.74) is 1.60. The van der Waals surface area contributed by atoms with Gasteiger partial charge in [0.25, 0.3) is 0 Å². The molecule has 186 valence electrons. The number of carbonyl (C=O) groups excluding carboxylic acids is 1. The van der Waals surface area contributed by atoms with Gasteiger partial charge in [0, 0.05) is 13.2 Å². The Morgan fingerprint density at radius 1 is 1.20 bits per heavy atom. The Balaban J connectivity index is 1.21. The van der Waals surface area contributed by atoms with E-state index >= 15 is 0 Å². The third kappa shape index (κ3) is 5.03. The summed E-state index contributed by atoms with van der Waals surface area (Å²) >= 11 is 0. The molecule has 0 radical (unpaired) electrons. The highest BCUT2D eigenvalue weighted by Gasteiger charge is 2.45. The van der Waals surface area contributed by atoms with Crippen LogP contribution >= 0.6 is 0 Å². The molecular formula is C22H25FN6O6. The van der Waals surface area contributed by atoms with Gasteiger partial charge < -0.3 is 35.1 Å². The smallest absolute Gasteiger partial charge is 0.407 e. The molecule has 1 aromatic carbocycles. The van der Waals surface area contributed by atoms with Crippen molar-refractivity contribution in [2.45, 2.75) is 43.5 Å². The molecule has 4 heterocycles. The molecule has 4 N–H and O–H groups in total. The number of aliphatic hydroxyl groups excluding tert-OH is 2. The van der Waals surface area contributed by atoms with Crippen molar-refractivity contribution in [3.05, 3.63) is 48.3 Å². The first kappa shape index (κ1) is 23.4. The van der Waals surface area contributed by atoms with Gasteiger partial charge in [-0.1, -0.05) is 12.1 Å². The Morgan fingerprint density at radius 3 is 2.80 bits per heavy atom. The summed E-state index contributed by atoms with van der Waals surface area (Å²) in [7, 11) is 0. The maximum Gasteiger partial charge on any atom is 0.407 e. The van der Waals surface area contributed by atoms with Gasteiger partial charge in [0.1, 0.15) is 37.1 Å². The van der Waals surface area contributed by atoms with Crippen LogP contribution in [0.1, 0.15) is 18.2 Å². The minimum atomic E-state index is -1.31. The molecule has 2 aromatic heterocycles. The third-order valence-electron chi connectivity index (χ3n) is 5.97. The Bertz CT molecular complexity index is 1170. The van der Waals surface area contributed by atoms with Crippen molar-refractivity contribution in [1.82, 2.24) is 24.8 Å². The number of alkyl carbamates (subject to hydrolysis) is 1. The molecule has 5 rings (SSSR count). The third-order valence-corrected chi connectivity index (χ3v) is 5.97. The van der Waals surface area contributed by atoms with Crippen molar-refractivity contribution >= 4 is 23.1 Å². The molecular weight excluding hydrogens is 463 g/mol.